The highest BCUT2D eigenvalue weighted by Gasteiger charge is 2.42. The summed E-state index contributed by atoms with van der Waals surface area (Å²) in [5, 5.41) is 0. The highest BCUT2D eigenvalue weighted by Crippen LogP contribution is 2.47. The molecule has 0 saturated heterocycles. The SMILES string of the molecule is COc1cc2c(cc1OC)C(Cc1cc(OC)c(OC)c(OC)c1)[N+](C)(CCCOC(=O)CCC(=O)OCCC[N+]1(C)CCc3cc(OC)c(OC)cc3C1Cc1cc(OC)c(OC)c(OC)c1)CC2. The number of likely N-dealkylation sites (N-methyl/N-ethyl adjacent to an activating group) is 2. The molecule has 6 rings (SSSR count). The average molecular weight is 975 g/mol. The molecule has 0 saturated carbocycles. The van der Waals surface area contributed by atoms with E-state index >= 15 is 0 Å². The summed E-state index contributed by atoms with van der Waals surface area (Å²) in [7, 11) is 20.7. The van der Waals surface area contributed by atoms with Gasteiger partial charge in [0.05, 0.1) is 137 Å². The number of nitrogens with zero attached hydrogens (tertiary/aromatic N) is 2. The largest absolute Gasteiger partial charge is 0.493 e. The van der Waals surface area contributed by atoms with Gasteiger partial charge in [0.1, 0.15) is 12.1 Å². The van der Waals surface area contributed by atoms with Gasteiger partial charge in [0.2, 0.25) is 11.5 Å². The first-order chi connectivity index (χ1) is 33.7. The fourth-order valence-corrected chi connectivity index (χ4v) is 10.4. The van der Waals surface area contributed by atoms with Crippen LogP contribution in [-0.4, -0.2) is 145 Å². The Morgan fingerprint density at radius 2 is 0.757 bits per heavy atom. The lowest BCUT2D eigenvalue weighted by Gasteiger charge is -2.46. The number of ether oxygens (including phenoxy) is 12. The molecule has 16 heteroatoms. The number of fused-ring (bicyclic) bond motifs is 2. The zero-order valence-corrected chi connectivity index (χ0v) is 43.3. The third kappa shape index (κ3) is 11.8. The number of esters is 2. The molecule has 4 atom stereocenters. The molecule has 2 aliphatic heterocycles. The summed E-state index contributed by atoms with van der Waals surface area (Å²) in [6, 6.07) is 16.4. The van der Waals surface area contributed by atoms with E-state index in [4.69, 9.17) is 56.8 Å². The summed E-state index contributed by atoms with van der Waals surface area (Å²) in [5.74, 6) is 5.30. The minimum Gasteiger partial charge on any atom is -0.493 e. The topological polar surface area (TPSA) is 145 Å². The van der Waals surface area contributed by atoms with Crippen molar-refractivity contribution in [3.63, 3.8) is 0 Å². The molecular weight excluding hydrogens is 901 g/mol. The molecule has 16 nitrogen and oxygen atoms in total. The van der Waals surface area contributed by atoms with Gasteiger partial charge in [0.15, 0.2) is 46.0 Å². The van der Waals surface area contributed by atoms with E-state index in [1.807, 2.05) is 24.3 Å². The van der Waals surface area contributed by atoms with Crippen molar-refractivity contribution in [1.82, 2.24) is 0 Å². The molecule has 0 spiro atoms. The normalized spacial score (nSPS) is 19.1. The van der Waals surface area contributed by atoms with E-state index in [1.165, 1.54) is 22.3 Å². The Hall–Kier alpha value is -6.26. The lowest BCUT2D eigenvalue weighted by atomic mass is 9.86. The molecule has 0 amide bonds. The molecular formula is C54H74N2O14+2. The molecule has 0 aliphatic carbocycles. The van der Waals surface area contributed by atoms with Crippen molar-refractivity contribution in [1.29, 1.82) is 0 Å². The number of quaternary nitrogens is 2. The summed E-state index contributed by atoms with van der Waals surface area (Å²) in [4.78, 5) is 26.0. The average Bonchev–Trinajstić information content (AvgIpc) is 3.38. The second kappa shape index (κ2) is 24.0. The quantitative estimate of drug-likeness (QED) is 0.0364. The maximum Gasteiger partial charge on any atom is 0.306 e. The van der Waals surface area contributed by atoms with Gasteiger partial charge in [-0.15, -0.1) is 0 Å². The molecule has 4 unspecified atom stereocenters. The van der Waals surface area contributed by atoms with Crippen molar-refractivity contribution in [3.05, 3.63) is 81.9 Å². The first kappa shape index (κ1) is 53.1. The molecule has 0 fully saturated rings. The number of carbonyl (C=O) groups excluding carboxylic acids is 2. The molecule has 0 bridgehead atoms. The van der Waals surface area contributed by atoms with E-state index in [9.17, 15) is 9.59 Å². The number of methoxy groups -OCH3 is 10. The maximum atomic E-state index is 13.0. The Morgan fingerprint density at radius 3 is 1.06 bits per heavy atom. The Balaban J connectivity index is 1.04. The molecule has 4 aromatic carbocycles. The Kier molecular flexibility index (Phi) is 18.2. The Morgan fingerprint density at radius 1 is 0.443 bits per heavy atom. The van der Waals surface area contributed by atoms with Gasteiger partial charge in [-0.05, 0) is 70.8 Å². The van der Waals surface area contributed by atoms with Crippen LogP contribution in [0.5, 0.6) is 57.5 Å². The van der Waals surface area contributed by atoms with Crippen LogP contribution in [0.15, 0.2) is 48.5 Å². The molecule has 2 heterocycles. The molecule has 0 aromatic heterocycles. The van der Waals surface area contributed by atoms with Gasteiger partial charge in [-0.1, -0.05) is 0 Å². The monoisotopic (exact) mass is 975 g/mol. The highest BCUT2D eigenvalue weighted by molar-refractivity contribution is 5.77. The molecule has 0 N–H and O–H groups in total. The number of carbonyl (C=O) groups is 2. The van der Waals surface area contributed by atoms with Crippen molar-refractivity contribution in [2.45, 2.75) is 63.5 Å². The maximum absolute atomic E-state index is 13.0. The van der Waals surface area contributed by atoms with Crippen LogP contribution in [0.25, 0.3) is 0 Å². The number of hydrogen-bond acceptors (Lipinski definition) is 14. The van der Waals surface area contributed by atoms with Crippen molar-refractivity contribution in [2.75, 3.05) is 125 Å². The second-order valence-electron chi connectivity index (χ2n) is 18.3. The standard InChI is InChI=1S/C54H74N2O14/c1-55(21-17-37-31-43(59-3)45(61-5)33-39(37)41(55)25-35-27-47(63-7)53(67-11)48(28-35)64-8)19-13-23-69-51(57)15-16-52(58)70-24-14-20-56(2)22-18-38-32-44(60-4)46(62-6)34-40(38)42(56)26-36-29-49(65-9)54(68-12)50(30-36)66-10/h27-34,41-42H,13-26H2,1-12H3/q+2. The number of rotatable bonds is 25. The first-order valence-corrected chi connectivity index (χ1v) is 23.8. The number of hydrogen-bond donors (Lipinski definition) is 0. The van der Waals surface area contributed by atoms with E-state index in [1.54, 1.807) is 71.1 Å². The molecule has 2 aliphatic rings. The molecule has 70 heavy (non-hydrogen) atoms. The third-order valence-electron chi connectivity index (χ3n) is 14.3. The van der Waals surface area contributed by atoms with E-state index in [0.29, 0.717) is 92.1 Å². The van der Waals surface area contributed by atoms with Crippen LogP contribution in [0, 0.1) is 0 Å². The van der Waals surface area contributed by atoms with Gasteiger partial charge in [-0.2, -0.15) is 0 Å². The van der Waals surface area contributed by atoms with E-state index in [-0.39, 0.29) is 38.1 Å². The van der Waals surface area contributed by atoms with Crippen LogP contribution in [-0.2, 0) is 44.7 Å². The van der Waals surface area contributed by atoms with Crippen LogP contribution < -0.4 is 47.4 Å². The summed E-state index contributed by atoms with van der Waals surface area (Å²) >= 11 is 0. The summed E-state index contributed by atoms with van der Waals surface area (Å²) in [5.41, 5.74) is 6.80. The Labute approximate surface area is 413 Å². The van der Waals surface area contributed by atoms with Crippen LogP contribution in [0.4, 0.5) is 0 Å². The van der Waals surface area contributed by atoms with Crippen LogP contribution in [0.2, 0.25) is 0 Å². The van der Waals surface area contributed by atoms with Gasteiger partial charge in [0.25, 0.3) is 0 Å². The first-order valence-electron chi connectivity index (χ1n) is 23.8. The van der Waals surface area contributed by atoms with Crippen LogP contribution in [0.3, 0.4) is 0 Å². The fraction of sp³-hybridized carbons (Fsp3) is 0.519. The van der Waals surface area contributed by atoms with Gasteiger partial charge in [-0.3, -0.25) is 9.59 Å². The van der Waals surface area contributed by atoms with Gasteiger partial charge < -0.3 is 65.8 Å². The number of benzene rings is 4. The van der Waals surface area contributed by atoms with Crippen molar-refractivity contribution < 1.29 is 75.4 Å². The predicted octanol–water partition coefficient (Wildman–Crippen LogP) is 7.69. The predicted molar refractivity (Wildman–Crippen MR) is 264 cm³/mol. The van der Waals surface area contributed by atoms with Gasteiger partial charge >= 0.3 is 11.9 Å². The van der Waals surface area contributed by atoms with Crippen LogP contribution in [0.1, 0.15) is 71.1 Å². The Bertz CT molecular complexity index is 2230. The molecule has 382 valence electrons. The minimum absolute atomic E-state index is 0.0207. The summed E-state index contributed by atoms with van der Waals surface area (Å²) in [6.45, 7) is 3.67. The third-order valence-corrected chi connectivity index (χ3v) is 14.3. The smallest absolute Gasteiger partial charge is 0.306 e. The lowest BCUT2D eigenvalue weighted by molar-refractivity contribution is -0.941. The van der Waals surface area contributed by atoms with Crippen molar-refractivity contribution >= 4 is 11.9 Å². The van der Waals surface area contributed by atoms with Crippen LogP contribution >= 0.6 is 0 Å². The van der Waals surface area contributed by atoms with Gasteiger partial charge in [-0.25, -0.2) is 0 Å². The van der Waals surface area contributed by atoms with Gasteiger partial charge in [0, 0.05) is 49.7 Å². The zero-order chi connectivity index (χ0) is 50.6. The molecule has 0 radical (unpaired) electrons. The van der Waals surface area contributed by atoms with Crippen molar-refractivity contribution in [2.24, 2.45) is 0 Å². The minimum atomic E-state index is -0.430. The van der Waals surface area contributed by atoms with E-state index in [0.717, 1.165) is 50.1 Å². The fourth-order valence-electron chi connectivity index (χ4n) is 10.4. The zero-order valence-electron chi connectivity index (χ0n) is 43.3. The molecule has 4 aromatic rings. The summed E-state index contributed by atoms with van der Waals surface area (Å²) < 4.78 is 69.7. The second-order valence-corrected chi connectivity index (χ2v) is 18.3. The highest BCUT2D eigenvalue weighted by atomic mass is 16.6. The van der Waals surface area contributed by atoms with E-state index < -0.39 is 11.9 Å². The summed E-state index contributed by atoms with van der Waals surface area (Å²) in [6.07, 6.45) is 4.16. The van der Waals surface area contributed by atoms with Crippen molar-refractivity contribution in [3.8, 4) is 57.5 Å². The lowest BCUT2D eigenvalue weighted by Crippen LogP contribution is -2.52. The van der Waals surface area contributed by atoms with E-state index in [2.05, 4.69) is 38.4 Å².